The van der Waals surface area contributed by atoms with Crippen molar-refractivity contribution >= 4 is 28.5 Å². The number of imidazole rings is 1. The number of rotatable bonds is 4. The van der Waals surface area contributed by atoms with E-state index in [1.807, 2.05) is 58.6 Å². The van der Waals surface area contributed by atoms with Crippen molar-refractivity contribution in [1.29, 1.82) is 5.41 Å². The molecule has 0 saturated heterocycles. The third kappa shape index (κ3) is 3.09. The third-order valence-electron chi connectivity index (χ3n) is 4.54. The zero-order valence-electron chi connectivity index (χ0n) is 15.0. The van der Waals surface area contributed by atoms with E-state index in [2.05, 4.69) is 4.98 Å². The lowest BCUT2D eigenvalue weighted by atomic mass is 10.0. The second-order valence-corrected chi connectivity index (χ2v) is 6.61. The molecule has 0 unspecified atom stereocenters. The quantitative estimate of drug-likeness (QED) is 0.268. The van der Waals surface area contributed by atoms with Crippen molar-refractivity contribution in [3.63, 3.8) is 0 Å². The summed E-state index contributed by atoms with van der Waals surface area (Å²) in [4.78, 5) is 4.44. The molecule has 7 heteroatoms. The van der Waals surface area contributed by atoms with Crippen LogP contribution in [-0.4, -0.2) is 27.7 Å². The van der Waals surface area contributed by atoms with Crippen LogP contribution in [-0.2, 0) is 0 Å². The minimum atomic E-state index is -0.0861. The normalized spacial score (nSPS) is 10.8. The van der Waals surface area contributed by atoms with Gasteiger partial charge in [0.2, 0.25) is 0 Å². The summed E-state index contributed by atoms with van der Waals surface area (Å²) in [6.45, 7) is 0. The summed E-state index contributed by atoms with van der Waals surface area (Å²) < 4.78 is 7.69. The number of para-hydroxylation sites is 1. The van der Waals surface area contributed by atoms with Crippen LogP contribution in [0.3, 0.4) is 0 Å². The molecule has 1 heterocycles. The predicted molar refractivity (Wildman–Crippen MR) is 110 cm³/mol. The van der Waals surface area contributed by atoms with E-state index in [4.69, 9.17) is 27.0 Å². The van der Waals surface area contributed by atoms with Gasteiger partial charge in [0, 0.05) is 16.1 Å². The van der Waals surface area contributed by atoms with Gasteiger partial charge in [0.1, 0.15) is 12.2 Å². The number of halogens is 1. The first kappa shape index (κ1) is 18.0. The topological polar surface area (TPSA) is 83.2 Å². The second kappa shape index (κ2) is 7.34. The van der Waals surface area contributed by atoms with Gasteiger partial charge in [-0.2, -0.15) is 0 Å². The summed E-state index contributed by atoms with van der Waals surface area (Å²) in [6.07, 6.45) is 1.71. The molecule has 0 saturated carbocycles. The van der Waals surface area contributed by atoms with Crippen LogP contribution in [0.4, 0.5) is 0 Å². The van der Waals surface area contributed by atoms with E-state index in [-0.39, 0.29) is 5.84 Å². The monoisotopic (exact) mass is 392 g/mol. The lowest BCUT2D eigenvalue weighted by molar-refractivity contribution is 0.234. The summed E-state index contributed by atoms with van der Waals surface area (Å²) in [5.41, 5.74) is 6.67. The summed E-state index contributed by atoms with van der Waals surface area (Å²) >= 11 is 6.16. The molecule has 3 N–H and O–H groups in total. The number of nitrogens with one attached hydrogen (secondary N) is 2. The lowest BCUT2D eigenvalue weighted by Crippen LogP contribution is -2.18. The van der Waals surface area contributed by atoms with Crippen molar-refractivity contribution in [2.24, 2.45) is 0 Å². The van der Waals surface area contributed by atoms with E-state index < -0.39 is 0 Å². The molecule has 6 nitrogen and oxygen atoms in total. The van der Waals surface area contributed by atoms with Crippen LogP contribution >= 0.6 is 11.6 Å². The Kier molecular flexibility index (Phi) is 4.73. The van der Waals surface area contributed by atoms with Crippen molar-refractivity contribution in [3.8, 4) is 22.6 Å². The minimum absolute atomic E-state index is 0.0861. The van der Waals surface area contributed by atoms with E-state index in [0.717, 1.165) is 22.3 Å². The summed E-state index contributed by atoms with van der Waals surface area (Å²) in [6, 6.07) is 18.9. The maximum atomic E-state index is 8.94. The summed E-state index contributed by atoms with van der Waals surface area (Å²) in [7, 11) is 1.64. The molecular formula is C21H17ClN4O2. The van der Waals surface area contributed by atoms with Gasteiger partial charge in [-0.15, -0.1) is 0 Å². The van der Waals surface area contributed by atoms with Gasteiger partial charge >= 0.3 is 0 Å². The molecule has 140 valence electrons. The SMILES string of the molecule is COc1c(-c2cccc(Cl)c2)cccc1-n1cnc2cc(C(=N)NO)ccc21. The Morgan fingerprint density at radius 1 is 1.14 bits per heavy atom. The maximum absolute atomic E-state index is 8.94. The first-order valence-corrected chi connectivity index (χ1v) is 8.89. The van der Waals surface area contributed by atoms with Gasteiger partial charge in [-0.25, -0.2) is 4.98 Å². The fourth-order valence-electron chi connectivity index (χ4n) is 3.24. The van der Waals surface area contributed by atoms with Gasteiger partial charge in [-0.05, 0) is 42.0 Å². The Hall–Kier alpha value is -3.35. The third-order valence-corrected chi connectivity index (χ3v) is 4.78. The Morgan fingerprint density at radius 3 is 2.71 bits per heavy atom. The number of benzene rings is 3. The van der Waals surface area contributed by atoms with Crippen LogP contribution in [0.2, 0.25) is 5.02 Å². The molecular weight excluding hydrogens is 376 g/mol. The molecule has 0 amide bonds. The van der Waals surface area contributed by atoms with E-state index in [1.54, 1.807) is 25.6 Å². The molecule has 0 fully saturated rings. The van der Waals surface area contributed by atoms with Gasteiger partial charge in [0.25, 0.3) is 0 Å². The van der Waals surface area contributed by atoms with Crippen LogP contribution in [0.1, 0.15) is 5.56 Å². The van der Waals surface area contributed by atoms with Gasteiger partial charge < -0.3 is 4.74 Å². The summed E-state index contributed by atoms with van der Waals surface area (Å²) in [5.74, 6) is 0.620. The molecule has 0 radical (unpaired) electrons. The molecule has 28 heavy (non-hydrogen) atoms. The van der Waals surface area contributed by atoms with Gasteiger partial charge in [0.05, 0.1) is 23.8 Å². The van der Waals surface area contributed by atoms with E-state index in [1.165, 1.54) is 0 Å². The summed E-state index contributed by atoms with van der Waals surface area (Å²) in [5, 5.41) is 17.3. The standard InChI is InChI=1S/C21H17ClN4O2/c1-28-20-16(13-4-2-5-15(22)10-13)6-3-7-19(20)26-12-24-17-11-14(21(23)25-27)8-9-18(17)26/h2-12,27H,1H3,(H2,23,25). The zero-order chi connectivity index (χ0) is 19.7. The smallest absolute Gasteiger partial charge is 0.150 e. The average molecular weight is 393 g/mol. The Morgan fingerprint density at radius 2 is 1.96 bits per heavy atom. The Bertz CT molecular complexity index is 1190. The molecule has 0 spiro atoms. The van der Waals surface area contributed by atoms with Crippen molar-refractivity contribution in [2.75, 3.05) is 7.11 Å². The predicted octanol–water partition coefficient (Wildman–Crippen LogP) is 4.66. The number of amidine groups is 1. The first-order valence-electron chi connectivity index (χ1n) is 8.52. The molecule has 3 aromatic carbocycles. The number of hydrogen-bond donors (Lipinski definition) is 3. The minimum Gasteiger partial charge on any atom is -0.494 e. The number of hydroxylamine groups is 1. The Labute approximate surface area is 166 Å². The Balaban J connectivity index is 1.88. The molecule has 0 aliphatic carbocycles. The molecule has 0 atom stereocenters. The first-order chi connectivity index (χ1) is 13.6. The van der Waals surface area contributed by atoms with Gasteiger partial charge in [0.15, 0.2) is 5.75 Å². The van der Waals surface area contributed by atoms with Crippen LogP contribution < -0.4 is 10.2 Å². The second-order valence-electron chi connectivity index (χ2n) is 6.17. The van der Waals surface area contributed by atoms with E-state index in [9.17, 15) is 0 Å². The molecule has 4 aromatic rings. The highest BCUT2D eigenvalue weighted by Crippen LogP contribution is 2.37. The number of hydrogen-bond acceptors (Lipinski definition) is 4. The molecule has 0 aliphatic rings. The van der Waals surface area contributed by atoms with Crippen LogP contribution in [0.25, 0.3) is 27.8 Å². The fourth-order valence-corrected chi connectivity index (χ4v) is 3.43. The molecule has 4 rings (SSSR count). The van der Waals surface area contributed by atoms with Crippen molar-refractivity contribution in [2.45, 2.75) is 0 Å². The highest BCUT2D eigenvalue weighted by Gasteiger charge is 2.15. The average Bonchev–Trinajstić information content (AvgIpc) is 3.15. The fraction of sp³-hybridized carbons (Fsp3) is 0.0476. The van der Waals surface area contributed by atoms with Crippen molar-refractivity contribution in [1.82, 2.24) is 15.0 Å². The molecule has 1 aromatic heterocycles. The van der Waals surface area contributed by atoms with Gasteiger partial charge in [-0.1, -0.05) is 35.9 Å². The van der Waals surface area contributed by atoms with Crippen molar-refractivity contribution < 1.29 is 9.94 Å². The largest absolute Gasteiger partial charge is 0.494 e. The van der Waals surface area contributed by atoms with E-state index in [0.29, 0.717) is 21.9 Å². The highest BCUT2D eigenvalue weighted by atomic mass is 35.5. The van der Waals surface area contributed by atoms with Crippen LogP contribution in [0.5, 0.6) is 5.75 Å². The lowest BCUT2D eigenvalue weighted by Gasteiger charge is -2.15. The van der Waals surface area contributed by atoms with Gasteiger partial charge in [-0.3, -0.25) is 20.7 Å². The number of aromatic nitrogens is 2. The van der Waals surface area contributed by atoms with Crippen molar-refractivity contribution in [3.05, 3.63) is 77.6 Å². The molecule has 0 bridgehead atoms. The number of methoxy groups -OCH3 is 1. The van der Waals surface area contributed by atoms with Crippen LogP contribution in [0.15, 0.2) is 67.0 Å². The number of ether oxygens (including phenoxy) is 1. The molecule has 0 aliphatic heterocycles. The number of nitrogens with zero attached hydrogens (tertiary/aromatic N) is 2. The zero-order valence-corrected chi connectivity index (χ0v) is 15.7. The van der Waals surface area contributed by atoms with Crippen LogP contribution in [0, 0.1) is 5.41 Å². The highest BCUT2D eigenvalue weighted by molar-refractivity contribution is 6.30. The van der Waals surface area contributed by atoms with E-state index >= 15 is 0 Å². The number of fused-ring (bicyclic) bond motifs is 1. The maximum Gasteiger partial charge on any atom is 0.150 e.